The maximum atomic E-state index is 13.2. The van der Waals surface area contributed by atoms with E-state index in [0.717, 1.165) is 0 Å². The number of nitrogens with one attached hydrogen (secondary N) is 1. The Labute approximate surface area is 112 Å². The van der Waals surface area contributed by atoms with Gasteiger partial charge < -0.3 is 15.2 Å². The Kier molecular flexibility index (Phi) is 6.02. The molecule has 1 aromatic carbocycles. The maximum Gasteiger partial charge on any atom is 0.142 e. The Balaban J connectivity index is 2.44. The first kappa shape index (κ1) is 15.4. The summed E-state index contributed by atoms with van der Waals surface area (Å²) in [6.07, 6.45) is 0.535. The van der Waals surface area contributed by atoms with E-state index in [2.05, 4.69) is 5.32 Å². The monoisotopic (exact) mass is 275 g/mol. The summed E-state index contributed by atoms with van der Waals surface area (Å²) in [7, 11) is 1.59. The molecular weight excluding hydrogens is 257 g/mol. The fourth-order valence-corrected chi connectivity index (χ4v) is 1.75. The Morgan fingerprint density at radius 1 is 1.50 bits per heavy atom. The normalized spacial score (nSPS) is 14.5. The van der Waals surface area contributed by atoms with Crippen LogP contribution in [0.1, 0.15) is 18.9 Å². The molecule has 18 heavy (non-hydrogen) atoms. The molecule has 0 radical (unpaired) electrons. The van der Waals surface area contributed by atoms with Crippen LogP contribution in [0.3, 0.4) is 0 Å². The minimum Gasteiger partial charge on any atom is -0.389 e. The van der Waals surface area contributed by atoms with Crippen LogP contribution in [0.2, 0.25) is 5.02 Å². The van der Waals surface area contributed by atoms with Crippen molar-refractivity contribution in [2.45, 2.75) is 25.5 Å². The number of ether oxygens (including phenoxy) is 1. The minimum atomic E-state index is -0.851. The standard InChI is InChI=1S/C13H19ClFNO2/c1-13(17,6-7-18-2)9-16-8-10-4-3-5-11(15)12(10)14/h3-5,16-17H,6-9H2,1-2H3. The van der Waals surface area contributed by atoms with Gasteiger partial charge in [-0.25, -0.2) is 4.39 Å². The second-order valence-corrected chi connectivity index (χ2v) is 4.93. The van der Waals surface area contributed by atoms with Crippen LogP contribution in [0.4, 0.5) is 4.39 Å². The zero-order chi connectivity index (χ0) is 13.6. The van der Waals surface area contributed by atoms with Gasteiger partial charge in [0.1, 0.15) is 5.82 Å². The van der Waals surface area contributed by atoms with E-state index in [1.165, 1.54) is 6.07 Å². The number of aliphatic hydroxyl groups is 1. The molecule has 5 heteroatoms. The van der Waals surface area contributed by atoms with Crippen LogP contribution in [0, 0.1) is 5.82 Å². The molecule has 0 saturated heterocycles. The average Bonchev–Trinajstić information content (AvgIpc) is 2.32. The molecule has 0 aliphatic heterocycles. The molecule has 0 saturated carbocycles. The van der Waals surface area contributed by atoms with Gasteiger partial charge in [-0.3, -0.25) is 0 Å². The first-order valence-corrected chi connectivity index (χ1v) is 6.19. The molecule has 1 unspecified atom stereocenters. The van der Waals surface area contributed by atoms with Crippen LogP contribution in [-0.4, -0.2) is 31.0 Å². The summed E-state index contributed by atoms with van der Waals surface area (Å²) < 4.78 is 18.1. The molecule has 0 aliphatic rings. The van der Waals surface area contributed by atoms with Crippen LogP contribution in [0.5, 0.6) is 0 Å². The third-order valence-corrected chi connectivity index (χ3v) is 3.12. The van der Waals surface area contributed by atoms with Crippen LogP contribution in [-0.2, 0) is 11.3 Å². The largest absolute Gasteiger partial charge is 0.389 e. The van der Waals surface area contributed by atoms with Crippen molar-refractivity contribution in [3.63, 3.8) is 0 Å². The molecule has 1 atom stereocenters. The lowest BCUT2D eigenvalue weighted by molar-refractivity contribution is 0.0247. The van der Waals surface area contributed by atoms with E-state index < -0.39 is 11.4 Å². The van der Waals surface area contributed by atoms with Crippen molar-refractivity contribution in [1.82, 2.24) is 5.32 Å². The average molecular weight is 276 g/mol. The SMILES string of the molecule is COCCC(C)(O)CNCc1cccc(F)c1Cl. The third-order valence-electron chi connectivity index (χ3n) is 2.70. The zero-order valence-electron chi connectivity index (χ0n) is 10.7. The summed E-state index contributed by atoms with van der Waals surface area (Å²) >= 11 is 5.83. The second-order valence-electron chi connectivity index (χ2n) is 4.56. The Hall–Kier alpha value is -0.680. The molecule has 1 aromatic rings. The van der Waals surface area contributed by atoms with Gasteiger partial charge in [-0.15, -0.1) is 0 Å². The summed E-state index contributed by atoms with van der Waals surface area (Å²) in [6.45, 7) is 3.03. The fraction of sp³-hybridized carbons (Fsp3) is 0.538. The summed E-state index contributed by atoms with van der Waals surface area (Å²) in [6, 6.07) is 4.68. The highest BCUT2D eigenvalue weighted by atomic mass is 35.5. The Morgan fingerprint density at radius 3 is 2.89 bits per heavy atom. The lowest BCUT2D eigenvalue weighted by atomic mass is 10.0. The van der Waals surface area contributed by atoms with Crippen molar-refractivity contribution in [2.24, 2.45) is 0 Å². The third kappa shape index (κ3) is 4.90. The van der Waals surface area contributed by atoms with Gasteiger partial charge in [0.05, 0.1) is 10.6 Å². The van der Waals surface area contributed by atoms with Crippen molar-refractivity contribution >= 4 is 11.6 Å². The van der Waals surface area contributed by atoms with Gasteiger partial charge in [0, 0.05) is 33.2 Å². The van der Waals surface area contributed by atoms with E-state index >= 15 is 0 Å². The van der Waals surface area contributed by atoms with E-state index in [-0.39, 0.29) is 5.02 Å². The molecule has 2 N–H and O–H groups in total. The van der Waals surface area contributed by atoms with E-state index in [9.17, 15) is 9.50 Å². The smallest absolute Gasteiger partial charge is 0.142 e. The van der Waals surface area contributed by atoms with Gasteiger partial charge in [-0.2, -0.15) is 0 Å². The van der Waals surface area contributed by atoms with Gasteiger partial charge >= 0.3 is 0 Å². The number of hydrogen-bond acceptors (Lipinski definition) is 3. The van der Waals surface area contributed by atoms with Crippen LogP contribution >= 0.6 is 11.6 Å². The van der Waals surface area contributed by atoms with Crippen LogP contribution in [0.25, 0.3) is 0 Å². The predicted molar refractivity (Wildman–Crippen MR) is 70.2 cm³/mol. The molecule has 0 aromatic heterocycles. The highest BCUT2D eigenvalue weighted by molar-refractivity contribution is 6.31. The quantitative estimate of drug-likeness (QED) is 0.803. The van der Waals surface area contributed by atoms with Gasteiger partial charge in [-0.1, -0.05) is 23.7 Å². The topological polar surface area (TPSA) is 41.5 Å². The van der Waals surface area contributed by atoms with Gasteiger partial charge in [0.2, 0.25) is 0 Å². The van der Waals surface area contributed by atoms with E-state index in [0.29, 0.717) is 31.7 Å². The molecule has 0 bridgehead atoms. The van der Waals surface area contributed by atoms with Gasteiger partial charge in [0.25, 0.3) is 0 Å². The van der Waals surface area contributed by atoms with Crippen molar-refractivity contribution in [2.75, 3.05) is 20.3 Å². The first-order valence-electron chi connectivity index (χ1n) is 5.81. The summed E-state index contributed by atoms with van der Waals surface area (Å²) in [4.78, 5) is 0. The second kappa shape index (κ2) is 7.04. The molecular formula is C13H19ClFNO2. The molecule has 0 fully saturated rings. The Morgan fingerprint density at radius 2 is 2.22 bits per heavy atom. The van der Waals surface area contributed by atoms with Crippen molar-refractivity contribution in [1.29, 1.82) is 0 Å². The highest BCUT2D eigenvalue weighted by Gasteiger charge is 2.19. The predicted octanol–water partition coefficient (Wildman–Crippen LogP) is 2.36. The van der Waals surface area contributed by atoms with Crippen LogP contribution in [0.15, 0.2) is 18.2 Å². The van der Waals surface area contributed by atoms with Gasteiger partial charge in [0.15, 0.2) is 0 Å². The number of methoxy groups -OCH3 is 1. The molecule has 0 aliphatic carbocycles. The Bertz CT molecular complexity index is 385. The molecule has 1 rings (SSSR count). The minimum absolute atomic E-state index is 0.126. The van der Waals surface area contributed by atoms with Crippen molar-refractivity contribution in [3.8, 4) is 0 Å². The van der Waals surface area contributed by atoms with Crippen LogP contribution < -0.4 is 5.32 Å². The molecule has 102 valence electrons. The number of hydrogen-bond donors (Lipinski definition) is 2. The van der Waals surface area contributed by atoms with Crippen molar-refractivity contribution < 1.29 is 14.2 Å². The fourth-order valence-electron chi connectivity index (χ4n) is 1.56. The number of rotatable bonds is 7. The van der Waals surface area contributed by atoms with E-state index in [1.807, 2.05) is 0 Å². The maximum absolute atomic E-state index is 13.2. The number of halogens is 2. The summed E-state index contributed by atoms with van der Waals surface area (Å²) in [5, 5.41) is 13.2. The molecule has 0 spiro atoms. The number of benzene rings is 1. The molecule has 0 heterocycles. The zero-order valence-corrected chi connectivity index (χ0v) is 11.4. The molecule has 0 amide bonds. The van der Waals surface area contributed by atoms with Crippen molar-refractivity contribution in [3.05, 3.63) is 34.6 Å². The lowest BCUT2D eigenvalue weighted by Crippen LogP contribution is -2.38. The van der Waals surface area contributed by atoms with E-state index in [1.54, 1.807) is 26.2 Å². The van der Waals surface area contributed by atoms with E-state index in [4.69, 9.17) is 16.3 Å². The lowest BCUT2D eigenvalue weighted by Gasteiger charge is -2.23. The molecule has 3 nitrogen and oxygen atoms in total. The van der Waals surface area contributed by atoms with Gasteiger partial charge in [-0.05, 0) is 18.6 Å². The highest BCUT2D eigenvalue weighted by Crippen LogP contribution is 2.19. The summed E-state index contributed by atoms with van der Waals surface area (Å²) in [5.74, 6) is -0.429. The summed E-state index contributed by atoms with van der Waals surface area (Å²) in [5.41, 5.74) is -0.172. The first-order chi connectivity index (χ1) is 8.46.